The van der Waals surface area contributed by atoms with Crippen LogP contribution in [0.1, 0.15) is 25.8 Å². The lowest BCUT2D eigenvalue weighted by molar-refractivity contribution is -0.142. The van der Waals surface area contributed by atoms with Gasteiger partial charge < -0.3 is 25.4 Å². The van der Waals surface area contributed by atoms with Crippen molar-refractivity contribution in [2.45, 2.75) is 38.8 Å². The Balaban J connectivity index is 2.03. The van der Waals surface area contributed by atoms with E-state index in [0.717, 1.165) is 0 Å². The number of benzene rings is 1. The molecule has 1 amide bonds. The number of carbonyl (C=O) groups excluding carboxylic acids is 2. The number of carbonyl (C=O) groups is 3. The lowest BCUT2D eigenvalue weighted by Gasteiger charge is -2.39. The van der Waals surface area contributed by atoms with Gasteiger partial charge in [-0.15, -0.1) is 0 Å². The van der Waals surface area contributed by atoms with E-state index in [0.29, 0.717) is 5.56 Å². The molecule has 0 aliphatic carbocycles. The number of nitrogens with two attached hydrogens (primary N) is 1. The van der Waals surface area contributed by atoms with E-state index in [1.54, 1.807) is 26.0 Å². The van der Waals surface area contributed by atoms with Gasteiger partial charge >= 0.3 is 19.8 Å². The van der Waals surface area contributed by atoms with Crippen molar-refractivity contribution in [3.8, 4) is 5.75 Å². The number of ether oxygens (including phenoxy) is 1. The van der Waals surface area contributed by atoms with Crippen molar-refractivity contribution in [3.63, 3.8) is 0 Å². The number of phosphoric ester groups is 1. The van der Waals surface area contributed by atoms with Gasteiger partial charge in [-0.1, -0.05) is 26.0 Å². The van der Waals surface area contributed by atoms with E-state index < -0.39 is 43.2 Å². The predicted octanol–water partition coefficient (Wildman–Crippen LogP) is 1.25. The number of hydrogen-bond donors (Lipinski definition) is 3. The summed E-state index contributed by atoms with van der Waals surface area (Å²) in [4.78, 5) is 34.6. The van der Waals surface area contributed by atoms with E-state index in [-0.39, 0.29) is 31.7 Å². The molecule has 12 heteroatoms. The zero-order chi connectivity index (χ0) is 23.2. The van der Waals surface area contributed by atoms with Gasteiger partial charge in [-0.25, -0.2) is 4.57 Å². The number of phosphoric acid groups is 1. The molecule has 11 nitrogen and oxygen atoms in total. The summed E-state index contributed by atoms with van der Waals surface area (Å²) in [7, 11) is -2.87. The highest BCUT2D eigenvalue weighted by atomic mass is 31.2. The molecule has 0 radical (unpaired) electrons. The molecule has 1 aromatic carbocycles. The Morgan fingerprint density at radius 1 is 1.32 bits per heavy atom. The highest BCUT2D eigenvalue weighted by Gasteiger charge is 2.49. The third-order valence-electron chi connectivity index (χ3n) is 4.55. The first-order chi connectivity index (χ1) is 14.5. The highest BCUT2D eigenvalue weighted by Crippen LogP contribution is 2.56. The molecule has 0 spiro atoms. The second kappa shape index (κ2) is 10.2. The molecule has 0 unspecified atom stereocenters. The van der Waals surface area contributed by atoms with Crippen LogP contribution in [0.15, 0.2) is 24.3 Å². The maximum Gasteiger partial charge on any atom is 0.530 e. The molecule has 2 rings (SSSR count). The molecular formula is C19H27N2O9P. The van der Waals surface area contributed by atoms with E-state index in [9.17, 15) is 18.9 Å². The Kier molecular flexibility index (Phi) is 8.19. The summed E-state index contributed by atoms with van der Waals surface area (Å²) in [6, 6.07) is 5.06. The number of rotatable bonds is 9. The van der Waals surface area contributed by atoms with Crippen LogP contribution in [0.3, 0.4) is 0 Å². The number of carboxylic acids is 1. The summed E-state index contributed by atoms with van der Waals surface area (Å²) >= 11 is 0. The van der Waals surface area contributed by atoms with Crippen molar-refractivity contribution in [2.24, 2.45) is 11.1 Å². The van der Waals surface area contributed by atoms with Crippen LogP contribution >= 0.6 is 7.82 Å². The lowest BCUT2D eigenvalue weighted by atomic mass is 9.87. The van der Waals surface area contributed by atoms with Gasteiger partial charge in [-0.05, 0) is 24.1 Å². The highest BCUT2D eigenvalue weighted by molar-refractivity contribution is 7.49. The molecule has 0 bridgehead atoms. The Morgan fingerprint density at radius 2 is 1.97 bits per heavy atom. The molecule has 1 aromatic rings. The molecular weight excluding hydrogens is 431 g/mol. The zero-order valence-electron chi connectivity index (χ0n) is 17.5. The van der Waals surface area contributed by atoms with Gasteiger partial charge in [0.2, 0.25) is 0 Å². The Bertz CT molecular complexity index is 856. The summed E-state index contributed by atoms with van der Waals surface area (Å²) in [5.74, 6) is -2.00. The van der Waals surface area contributed by atoms with E-state index >= 15 is 0 Å². The number of amides is 1. The van der Waals surface area contributed by atoms with Crippen LogP contribution in [0, 0.1) is 5.41 Å². The fraction of sp³-hybridized carbons (Fsp3) is 0.526. The zero-order valence-corrected chi connectivity index (χ0v) is 18.4. The number of esters is 1. The minimum atomic E-state index is -4.11. The Hall–Kier alpha value is -2.46. The van der Waals surface area contributed by atoms with Crippen LogP contribution in [-0.2, 0) is 39.2 Å². The van der Waals surface area contributed by atoms with Gasteiger partial charge in [-0.2, -0.15) is 0 Å². The van der Waals surface area contributed by atoms with E-state index in [4.69, 9.17) is 24.4 Å². The summed E-state index contributed by atoms with van der Waals surface area (Å²) in [6.07, 6.45) is -1.04. The van der Waals surface area contributed by atoms with Gasteiger partial charge in [-0.3, -0.25) is 23.4 Å². The van der Waals surface area contributed by atoms with Gasteiger partial charge in [0.1, 0.15) is 11.8 Å². The monoisotopic (exact) mass is 458 g/mol. The number of carboxylic acid groups (broad SMARTS) is 1. The molecule has 1 aliphatic rings. The minimum absolute atomic E-state index is 0.0159. The van der Waals surface area contributed by atoms with Gasteiger partial charge in [0.25, 0.3) is 5.91 Å². The van der Waals surface area contributed by atoms with Crippen LogP contribution in [0.25, 0.3) is 0 Å². The smallest absolute Gasteiger partial charge is 0.480 e. The molecule has 31 heavy (non-hydrogen) atoms. The molecule has 1 saturated heterocycles. The number of nitrogens with one attached hydrogen (secondary N) is 1. The molecule has 0 saturated carbocycles. The van der Waals surface area contributed by atoms with Crippen molar-refractivity contribution in [1.82, 2.24) is 5.32 Å². The summed E-state index contributed by atoms with van der Waals surface area (Å²) in [5.41, 5.74) is 5.35. The van der Waals surface area contributed by atoms with Crippen molar-refractivity contribution in [2.75, 3.05) is 20.3 Å². The topological polar surface area (TPSA) is 163 Å². The van der Waals surface area contributed by atoms with E-state index in [1.807, 2.05) is 0 Å². The fourth-order valence-corrected chi connectivity index (χ4v) is 4.38. The summed E-state index contributed by atoms with van der Waals surface area (Å²) < 4.78 is 33.6. The largest absolute Gasteiger partial charge is 0.530 e. The maximum absolute atomic E-state index is 13.0. The van der Waals surface area contributed by atoms with Crippen molar-refractivity contribution in [3.05, 3.63) is 29.8 Å². The fourth-order valence-electron chi connectivity index (χ4n) is 2.71. The van der Waals surface area contributed by atoms with Crippen molar-refractivity contribution < 1.29 is 42.4 Å². The number of hydrogen-bond acceptors (Lipinski definition) is 9. The maximum atomic E-state index is 13.0. The molecule has 1 aliphatic heterocycles. The minimum Gasteiger partial charge on any atom is -0.480 e. The van der Waals surface area contributed by atoms with Gasteiger partial charge in [0.05, 0.1) is 20.1 Å². The SMILES string of the molecule is COC(=O)CCNC(=O)[C@@H]1O[P@](=O)(Oc2ccc(C[C@H](N)C(=O)O)cc2)OCC1(C)C. The van der Waals surface area contributed by atoms with Crippen LogP contribution in [-0.4, -0.2) is 55.4 Å². The second-order valence-electron chi connectivity index (χ2n) is 7.70. The molecule has 3 atom stereocenters. The summed E-state index contributed by atoms with van der Waals surface area (Å²) in [5, 5.41) is 11.4. The molecule has 4 N–H and O–H groups in total. The van der Waals surface area contributed by atoms with Crippen LogP contribution < -0.4 is 15.6 Å². The van der Waals surface area contributed by atoms with Crippen molar-refractivity contribution in [1.29, 1.82) is 0 Å². The molecule has 0 aromatic heterocycles. The second-order valence-corrected chi connectivity index (χ2v) is 9.24. The quantitative estimate of drug-likeness (QED) is 0.362. The number of methoxy groups -OCH3 is 1. The number of aliphatic carboxylic acids is 1. The van der Waals surface area contributed by atoms with E-state index in [2.05, 4.69) is 10.1 Å². The Labute approximate surface area is 179 Å². The van der Waals surface area contributed by atoms with E-state index in [1.165, 1.54) is 19.2 Å². The first kappa shape index (κ1) is 24.8. The molecule has 172 valence electrons. The van der Waals surface area contributed by atoms with Gasteiger partial charge in [0.15, 0.2) is 6.10 Å². The normalized spacial score (nSPS) is 23.4. The third kappa shape index (κ3) is 7.03. The van der Waals surface area contributed by atoms with Gasteiger partial charge in [0, 0.05) is 12.0 Å². The standard InChI is InChI=1S/C19H27N2O9P/c1-19(2)11-28-31(26,30-16(19)17(23)21-9-8-15(22)27-3)29-13-6-4-12(5-7-13)10-14(20)18(24)25/h4-7,14,16H,8-11,20H2,1-3H3,(H,21,23)(H,24,25)/t14-,16-,31-/m0/s1. The first-order valence-corrected chi connectivity index (χ1v) is 11.0. The first-order valence-electron chi connectivity index (χ1n) is 9.50. The lowest BCUT2D eigenvalue weighted by Crippen LogP contribution is -2.50. The third-order valence-corrected chi connectivity index (χ3v) is 5.90. The predicted molar refractivity (Wildman–Crippen MR) is 108 cm³/mol. The molecule has 1 heterocycles. The van der Waals surface area contributed by atoms with Crippen LogP contribution in [0.4, 0.5) is 0 Å². The van der Waals surface area contributed by atoms with Crippen LogP contribution in [0.5, 0.6) is 5.75 Å². The average Bonchev–Trinajstić information content (AvgIpc) is 2.71. The summed E-state index contributed by atoms with van der Waals surface area (Å²) in [6.45, 7) is 3.39. The van der Waals surface area contributed by atoms with Crippen molar-refractivity contribution >= 4 is 25.7 Å². The average molecular weight is 458 g/mol. The van der Waals surface area contributed by atoms with Crippen LogP contribution in [0.2, 0.25) is 0 Å². The molecule has 1 fully saturated rings. The Morgan fingerprint density at radius 3 is 2.55 bits per heavy atom.